The first-order valence-corrected chi connectivity index (χ1v) is 9.72. The van der Waals surface area contributed by atoms with Gasteiger partial charge in [0.15, 0.2) is 0 Å². The van der Waals surface area contributed by atoms with Crippen LogP contribution in [-0.2, 0) is 9.59 Å². The fourth-order valence-electron chi connectivity index (χ4n) is 3.11. The molecule has 2 aromatic carbocycles. The van der Waals surface area contributed by atoms with Crippen LogP contribution in [0.4, 0.5) is 22.7 Å². The highest BCUT2D eigenvalue weighted by atomic mass is 16.6. The molecule has 0 bridgehead atoms. The Morgan fingerprint density at radius 2 is 1.65 bits per heavy atom. The Labute approximate surface area is 180 Å². The third-order valence-corrected chi connectivity index (χ3v) is 4.47. The molecule has 31 heavy (non-hydrogen) atoms. The van der Waals surface area contributed by atoms with Crippen molar-refractivity contribution in [2.24, 2.45) is 0 Å². The van der Waals surface area contributed by atoms with Crippen molar-refractivity contribution in [3.63, 3.8) is 0 Å². The van der Waals surface area contributed by atoms with Crippen molar-refractivity contribution in [1.82, 2.24) is 5.32 Å². The third-order valence-electron chi connectivity index (χ3n) is 4.47. The number of nitro groups is 1. The summed E-state index contributed by atoms with van der Waals surface area (Å²) >= 11 is 0. The van der Waals surface area contributed by atoms with Crippen molar-refractivity contribution < 1.29 is 19.6 Å². The van der Waals surface area contributed by atoms with Crippen LogP contribution in [0, 0.1) is 30.9 Å². The first kappa shape index (κ1) is 23.6. The number of amides is 2. The number of nitrogens with zero attached hydrogens (tertiary/aromatic N) is 1. The molecule has 10 nitrogen and oxygen atoms in total. The van der Waals surface area contributed by atoms with E-state index in [1.54, 1.807) is 0 Å². The number of aliphatic hydroxyl groups is 1. The molecule has 0 atom stereocenters. The van der Waals surface area contributed by atoms with Gasteiger partial charge in [-0.3, -0.25) is 19.7 Å². The number of nitro benzene ring substituents is 1. The van der Waals surface area contributed by atoms with E-state index in [9.17, 15) is 19.7 Å². The monoisotopic (exact) mass is 429 g/mol. The molecule has 0 aliphatic rings. The molecule has 0 fully saturated rings. The molecule has 0 aliphatic heterocycles. The fraction of sp³-hybridized carbons (Fsp3) is 0.333. The maximum Gasteiger partial charge on any atom is 0.271 e. The van der Waals surface area contributed by atoms with Crippen LogP contribution < -0.4 is 21.3 Å². The Hall–Kier alpha value is -3.66. The van der Waals surface area contributed by atoms with Crippen molar-refractivity contribution in [2.75, 3.05) is 42.2 Å². The SMILES string of the molecule is Cc1cc(C)c(NC(=O)CNC(=O)CNc2cc([N+](=O)[O-])ccc2NCCO)c(C)c1. The lowest BCUT2D eigenvalue weighted by molar-refractivity contribution is -0.384. The molecule has 0 saturated carbocycles. The Morgan fingerprint density at radius 1 is 0.968 bits per heavy atom. The first-order chi connectivity index (χ1) is 14.7. The Balaban J connectivity index is 1.92. The largest absolute Gasteiger partial charge is 0.395 e. The van der Waals surface area contributed by atoms with Gasteiger partial charge >= 0.3 is 0 Å². The van der Waals surface area contributed by atoms with Gasteiger partial charge in [0, 0.05) is 24.4 Å². The van der Waals surface area contributed by atoms with Gasteiger partial charge in [-0.25, -0.2) is 0 Å². The second-order valence-corrected chi connectivity index (χ2v) is 7.09. The summed E-state index contributed by atoms with van der Waals surface area (Å²) in [6, 6.07) is 8.04. The summed E-state index contributed by atoms with van der Waals surface area (Å²) in [5.41, 5.74) is 4.41. The van der Waals surface area contributed by atoms with E-state index in [0.717, 1.165) is 22.4 Å². The summed E-state index contributed by atoms with van der Waals surface area (Å²) in [5, 5.41) is 31.0. The molecule has 2 aromatic rings. The lowest BCUT2D eigenvalue weighted by atomic mass is 10.1. The molecule has 166 valence electrons. The Bertz CT molecular complexity index is 954. The molecule has 0 spiro atoms. The third kappa shape index (κ3) is 6.96. The summed E-state index contributed by atoms with van der Waals surface area (Å²) in [7, 11) is 0. The van der Waals surface area contributed by atoms with Crippen LogP contribution >= 0.6 is 0 Å². The molecule has 10 heteroatoms. The zero-order valence-corrected chi connectivity index (χ0v) is 17.7. The molecule has 0 aliphatic carbocycles. The number of aliphatic hydroxyl groups excluding tert-OH is 1. The van der Waals surface area contributed by atoms with Gasteiger partial charge in [-0.15, -0.1) is 0 Å². The standard InChI is InChI=1S/C21H27N5O5/c1-13-8-14(2)21(15(3)9-13)25-20(29)12-24-19(28)11-23-18-10-16(26(30)31)4-5-17(18)22-6-7-27/h4-5,8-10,22-23,27H,6-7,11-12H2,1-3H3,(H,24,28)(H,25,29). The molecular weight excluding hydrogens is 402 g/mol. The van der Waals surface area contributed by atoms with E-state index in [1.165, 1.54) is 18.2 Å². The second kappa shape index (κ2) is 10.9. The predicted octanol–water partition coefficient (Wildman–Crippen LogP) is 2.09. The minimum absolute atomic E-state index is 0.119. The van der Waals surface area contributed by atoms with E-state index >= 15 is 0 Å². The van der Waals surface area contributed by atoms with Crippen molar-refractivity contribution in [3.8, 4) is 0 Å². The normalized spacial score (nSPS) is 10.3. The minimum Gasteiger partial charge on any atom is -0.395 e. The number of anilines is 3. The highest BCUT2D eigenvalue weighted by molar-refractivity contribution is 5.96. The summed E-state index contributed by atoms with van der Waals surface area (Å²) < 4.78 is 0. The summed E-state index contributed by atoms with van der Waals surface area (Å²) in [6.45, 7) is 5.51. The number of carbonyl (C=O) groups is 2. The van der Waals surface area contributed by atoms with Crippen LogP contribution in [0.2, 0.25) is 0 Å². The minimum atomic E-state index is -0.541. The quantitative estimate of drug-likeness (QED) is 0.287. The highest BCUT2D eigenvalue weighted by Gasteiger charge is 2.13. The number of carbonyl (C=O) groups excluding carboxylic acids is 2. The number of aryl methyl sites for hydroxylation is 3. The Morgan fingerprint density at radius 3 is 2.26 bits per heavy atom. The molecule has 2 rings (SSSR count). The fourth-order valence-corrected chi connectivity index (χ4v) is 3.11. The van der Waals surface area contributed by atoms with Gasteiger partial charge in [-0.1, -0.05) is 17.7 Å². The van der Waals surface area contributed by atoms with Crippen LogP contribution in [0.15, 0.2) is 30.3 Å². The van der Waals surface area contributed by atoms with Gasteiger partial charge in [0.2, 0.25) is 11.8 Å². The van der Waals surface area contributed by atoms with Crippen LogP contribution in [0.25, 0.3) is 0 Å². The zero-order chi connectivity index (χ0) is 23.0. The number of rotatable bonds is 10. The number of hydrogen-bond acceptors (Lipinski definition) is 7. The van der Waals surface area contributed by atoms with Crippen LogP contribution in [-0.4, -0.2) is 48.1 Å². The van der Waals surface area contributed by atoms with Crippen molar-refractivity contribution in [3.05, 3.63) is 57.1 Å². The average molecular weight is 429 g/mol. The predicted molar refractivity (Wildman–Crippen MR) is 119 cm³/mol. The maximum atomic E-state index is 12.2. The van der Waals surface area contributed by atoms with Crippen LogP contribution in [0.1, 0.15) is 16.7 Å². The lowest BCUT2D eigenvalue weighted by Crippen LogP contribution is -2.36. The number of hydrogen-bond donors (Lipinski definition) is 5. The summed E-state index contributed by atoms with van der Waals surface area (Å²) in [6.07, 6.45) is 0. The van der Waals surface area contributed by atoms with Gasteiger partial charge in [-0.05, 0) is 38.0 Å². The zero-order valence-electron chi connectivity index (χ0n) is 17.7. The maximum absolute atomic E-state index is 12.2. The number of benzene rings is 2. The van der Waals surface area contributed by atoms with Gasteiger partial charge in [0.25, 0.3) is 5.69 Å². The van der Waals surface area contributed by atoms with Crippen LogP contribution in [0.5, 0.6) is 0 Å². The van der Waals surface area contributed by atoms with Gasteiger partial charge in [0.1, 0.15) is 0 Å². The first-order valence-electron chi connectivity index (χ1n) is 9.72. The number of non-ortho nitro benzene ring substituents is 1. The van der Waals surface area contributed by atoms with E-state index in [-0.39, 0.29) is 37.8 Å². The van der Waals surface area contributed by atoms with Crippen molar-refractivity contribution >= 4 is 34.6 Å². The van der Waals surface area contributed by atoms with Gasteiger partial charge in [-0.2, -0.15) is 0 Å². The molecule has 0 heterocycles. The molecular formula is C21H27N5O5. The van der Waals surface area contributed by atoms with E-state index in [4.69, 9.17) is 5.11 Å². The number of nitrogens with one attached hydrogen (secondary N) is 4. The van der Waals surface area contributed by atoms with E-state index in [1.807, 2.05) is 32.9 Å². The lowest BCUT2D eigenvalue weighted by Gasteiger charge is -2.14. The molecule has 0 unspecified atom stereocenters. The van der Waals surface area contributed by atoms with Crippen molar-refractivity contribution in [1.29, 1.82) is 0 Å². The van der Waals surface area contributed by atoms with Crippen molar-refractivity contribution in [2.45, 2.75) is 20.8 Å². The van der Waals surface area contributed by atoms with Gasteiger partial charge in [0.05, 0.1) is 36.0 Å². The molecule has 0 radical (unpaired) electrons. The van der Waals surface area contributed by atoms with Crippen LogP contribution in [0.3, 0.4) is 0 Å². The average Bonchev–Trinajstić information content (AvgIpc) is 2.71. The van der Waals surface area contributed by atoms with E-state index in [0.29, 0.717) is 11.4 Å². The molecule has 5 N–H and O–H groups in total. The highest BCUT2D eigenvalue weighted by Crippen LogP contribution is 2.26. The van der Waals surface area contributed by atoms with E-state index in [2.05, 4.69) is 21.3 Å². The molecule has 0 saturated heterocycles. The van der Waals surface area contributed by atoms with Gasteiger partial charge < -0.3 is 26.4 Å². The second-order valence-electron chi connectivity index (χ2n) is 7.09. The summed E-state index contributed by atoms with van der Waals surface area (Å²) in [5.74, 6) is -0.809. The Kier molecular flexibility index (Phi) is 8.33. The smallest absolute Gasteiger partial charge is 0.271 e. The molecule has 2 amide bonds. The molecule has 0 aromatic heterocycles. The van der Waals surface area contributed by atoms with E-state index < -0.39 is 10.8 Å². The summed E-state index contributed by atoms with van der Waals surface area (Å²) in [4.78, 5) is 34.8. The topological polar surface area (TPSA) is 146 Å².